The van der Waals surface area contributed by atoms with Gasteiger partial charge in [0.05, 0.1) is 27.8 Å². The summed E-state index contributed by atoms with van der Waals surface area (Å²) in [6, 6.07) is 5.42. The van der Waals surface area contributed by atoms with Gasteiger partial charge in [-0.15, -0.1) is 11.3 Å². The van der Waals surface area contributed by atoms with Gasteiger partial charge in [-0.05, 0) is 24.3 Å². The molecule has 1 aromatic heterocycles. The molecule has 108 valence electrons. The number of carbonyl (C=O) groups is 1. The first-order valence-corrected chi connectivity index (χ1v) is 7.30. The largest absolute Gasteiger partial charge is 0.395 e. The minimum atomic E-state index is -0.463. The van der Waals surface area contributed by atoms with Crippen molar-refractivity contribution in [1.82, 2.24) is 0 Å². The molecule has 0 fully saturated rings. The molecule has 0 saturated carbocycles. The van der Waals surface area contributed by atoms with Crippen LogP contribution in [0.4, 0.5) is 10.1 Å². The second-order valence-corrected chi connectivity index (χ2v) is 5.37. The number of anilines is 1. The molecule has 0 bridgehead atoms. The highest BCUT2D eigenvalue weighted by molar-refractivity contribution is 7.10. The summed E-state index contributed by atoms with van der Waals surface area (Å²) in [4.78, 5) is 12.8. The van der Waals surface area contributed by atoms with Crippen molar-refractivity contribution >= 4 is 34.5 Å². The zero-order valence-electron chi connectivity index (χ0n) is 10.8. The molecule has 1 aromatic carbocycles. The van der Waals surface area contributed by atoms with Crippen LogP contribution in [0.2, 0.25) is 5.02 Å². The van der Waals surface area contributed by atoms with Gasteiger partial charge in [-0.25, -0.2) is 4.39 Å². The minimum Gasteiger partial charge on any atom is -0.395 e. The van der Waals surface area contributed by atoms with E-state index in [9.17, 15) is 9.18 Å². The number of carbonyl (C=O) groups excluding carboxylic acids is 1. The van der Waals surface area contributed by atoms with Crippen molar-refractivity contribution in [2.75, 3.05) is 11.9 Å². The van der Waals surface area contributed by atoms with Gasteiger partial charge in [-0.2, -0.15) is 0 Å². The molecule has 0 aliphatic carbocycles. The highest BCUT2D eigenvalue weighted by Gasteiger charge is 2.10. The molecule has 2 rings (SSSR count). The standard InChI is InChI=1S/C15H11ClFNO2S/c16-13-8-11(17)4-5-14(13)18-15(20)10-7-12(21-9-10)3-1-2-6-19/h4-5,7-9,19H,2,6H2,(H,18,20). The highest BCUT2D eigenvalue weighted by Crippen LogP contribution is 2.23. The molecule has 1 amide bonds. The molecule has 0 aliphatic heterocycles. The number of halogens is 2. The predicted molar refractivity (Wildman–Crippen MR) is 82.3 cm³/mol. The van der Waals surface area contributed by atoms with E-state index in [0.717, 1.165) is 10.9 Å². The Labute approximate surface area is 130 Å². The van der Waals surface area contributed by atoms with Crippen LogP contribution in [0.25, 0.3) is 0 Å². The van der Waals surface area contributed by atoms with Crippen LogP contribution in [0.3, 0.4) is 0 Å². The number of benzene rings is 1. The Bertz CT molecular complexity index is 718. The lowest BCUT2D eigenvalue weighted by atomic mass is 10.2. The van der Waals surface area contributed by atoms with Crippen LogP contribution >= 0.6 is 22.9 Å². The van der Waals surface area contributed by atoms with Crippen molar-refractivity contribution in [3.05, 3.63) is 50.9 Å². The Morgan fingerprint density at radius 1 is 1.43 bits per heavy atom. The maximum absolute atomic E-state index is 12.9. The topological polar surface area (TPSA) is 49.3 Å². The molecule has 2 aromatic rings. The fourth-order valence-corrected chi connectivity index (χ4v) is 2.48. The molecule has 3 nitrogen and oxygen atoms in total. The van der Waals surface area contributed by atoms with Gasteiger partial charge in [-0.1, -0.05) is 23.4 Å². The van der Waals surface area contributed by atoms with E-state index in [1.807, 2.05) is 0 Å². The quantitative estimate of drug-likeness (QED) is 0.849. The summed E-state index contributed by atoms with van der Waals surface area (Å²) in [5.41, 5.74) is 0.802. The second-order valence-electron chi connectivity index (χ2n) is 4.05. The average Bonchev–Trinajstić information content (AvgIpc) is 2.91. The normalized spacial score (nSPS) is 9.86. The van der Waals surface area contributed by atoms with Gasteiger partial charge in [0.1, 0.15) is 5.82 Å². The van der Waals surface area contributed by atoms with E-state index in [0.29, 0.717) is 17.7 Å². The van der Waals surface area contributed by atoms with E-state index in [2.05, 4.69) is 17.2 Å². The number of hydrogen-bond donors (Lipinski definition) is 2. The predicted octanol–water partition coefficient (Wildman–Crippen LogP) is 3.53. The monoisotopic (exact) mass is 323 g/mol. The molecule has 0 spiro atoms. The van der Waals surface area contributed by atoms with Crippen LogP contribution in [0.5, 0.6) is 0 Å². The molecule has 0 atom stereocenters. The van der Waals surface area contributed by atoms with Crippen molar-refractivity contribution in [2.45, 2.75) is 6.42 Å². The molecule has 0 unspecified atom stereocenters. The van der Waals surface area contributed by atoms with Crippen LogP contribution in [-0.4, -0.2) is 17.6 Å². The van der Waals surface area contributed by atoms with Crippen LogP contribution in [0.1, 0.15) is 21.7 Å². The van der Waals surface area contributed by atoms with Gasteiger partial charge < -0.3 is 10.4 Å². The van der Waals surface area contributed by atoms with E-state index < -0.39 is 5.82 Å². The number of hydrogen-bond acceptors (Lipinski definition) is 3. The average molecular weight is 324 g/mol. The summed E-state index contributed by atoms with van der Waals surface area (Å²) in [5, 5.41) is 13.1. The third-order valence-electron chi connectivity index (χ3n) is 2.49. The van der Waals surface area contributed by atoms with Gasteiger partial charge >= 0.3 is 0 Å². The van der Waals surface area contributed by atoms with E-state index >= 15 is 0 Å². The SMILES string of the molecule is O=C(Nc1ccc(F)cc1Cl)c1csc(C#CCCO)c1. The van der Waals surface area contributed by atoms with E-state index in [1.165, 1.54) is 23.5 Å². The first-order valence-electron chi connectivity index (χ1n) is 6.05. The molecule has 2 N–H and O–H groups in total. The highest BCUT2D eigenvalue weighted by atomic mass is 35.5. The zero-order chi connectivity index (χ0) is 15.2. The van der Waals surface area contributed by atoms with Gasteiger partial charge in [0.2, 0.25) is 0 Å². The van der Waals surface area contributed by atoms with Gasteiger partial charge in [-0.3, -0.25) is 4.79 Å². The second kappa shape index (κ2) is 7.23. The van der Waals surface area contributed by atoms with Crippen molar-refractivity contribution < 1.29 is 14.3 Å². The summed E-state index contributed by atoms with van der Waals surface area (Å²) in [5.74, 6) is 4.84. The lowest BCUT2D eigenvalue weighted by Crippen LogP contribution is -2.11. The molecule has 0 radical (unpaired) electrons. The summed E-state index contributed by atoms with van der Waals surface area (Å²) >= 11 is 7.19. The number of thiophene rings is 1. The third-order valence-corrected chi connectivity index (χ3v) is 3.65. The summed E-state index contributed by atoms with van der Waals surface area (Å²) < 4.78 is 12.9. The first kappa shape index (κ1) is 15.5. The summed E-state index contributed by atoms with van der Waals surface area (Å²) in [7, 11) is 0. The Morgan fingerprint density at radius 3 is 2.95 bits per heavy atom. The van der Waals surface area contributed by atoms with Gasteiger partial charge in [0.25, 0.3) is 5.91 Å². The Hall–Kier alpha value is -1.87. The molecule has 1 heterocycles. The molecule has 0 saturated heterocycles. The van der Waals surface area contributed by atoms with Crippen LogP contribution in [0.15, 0.2) is 29.6 Å². The van der Waals surface area contributed by atoms with Crippen molar-refractivity contribution in [3.63, 3.8) is 0 Å². The molecular formula is C15H11ClFNO2S. The lowest BCUT2D eigenvalue weighted by Gasteiger charge is -2.05. The number of aliphatic hydroxyl groups is 1. The maximum atomic E-state index is 12.9. The smallest absolute Gasteiger partial charge is 0.256 e. The lowest BCUT2D eigenvalue weighted by molar-refractivity contribution is 0.102. The number of aliphatic hydroxyl groups excluding tert-OH is 1. The first-order chi connectivity index (χ1) is 10.1. The molecule has 21 heavy (non-hydrogen) atoms. The third kappa shape index (κ3) is 4.30. The minimum absolute atomic E-state index is 0.00871. The van der Waals surface area contributed by atoms with Crippen LogP contribution < -0.4 is 5.32 Å². The zero-order valence-corrected chi connectivity index (χ0v) is 12.4. The fraction of sp³-hybridized carbons (Fsp3) is 0.133. The fourth-order valence-electron chi connectivity index (χ4n) is 1.51. The Kier molecular flexibility index (Phi) is 5.34. The van der Waals surface area contributed by atoms with Gasteiger partial charge in [0.15, 0.2) is 0 Å². The Balaban J connectivity index is 2.09. The van der Waals surface area contributed by atoms with E-state index in [-0.39, 0.29) is 17.5 Å². The molecule has 6 heteroatoms. The molecular weight excluding hydrogens is 313 g/mol. The number of rotatable bonds is 3. The summed E-state index contributed by atoms with van der Waals surface area (Å²) in [6.45, 7) is 0.00871. The van der Waals surface area contributed by atoms with Crippen LogP contribution in [-0.2, 0) is 0 Å². The van der Waals surface area contributed by atoms with Crippen molar-refractivity contribution in [3.8, 4) is 11.8 Å². The number of nitrogens with one attached hydrogen (secondary N) is 1. The number of amides is 1. The molecule has 0 aliphatic rings. The van der Waals surface area contributed by atoms with E-state index in [1.54, 1.807) is 11.4 Å². The van der Waals surface area contributed by atoms with Crippen molar-refractivity contribution in [2.24, 2.45) is 0 Å². The Morgan fingerprint density at radius 2 is 2.24 bits per heavy atom. The van der Waals surface area contributed by atoms with Gasteiger partial charge in [0, 0.05) is 11.8 Å². The van der Waals surface area contributed by atoms with E-state index in [4.69, 9.17) is 16.7 Å². The summed E-state index contributed by atoms with van der Waals surface area (Å²) in [6.07, 6.45) is 0.393. The van der Waals surface area contributed by atoms with Crippen LogP contribution in [0, 0.1) is 17.7 Å². The van der Waals surface area contributed by atoms with Crippen molar-refractivity contribution in [1.29, 1.82) is 0 Å². The maximum Gasteiger partial charge on any atom is 0.256 e.